The van der Waals surface area contributed by atoms with Crippen LogP contribution in [0.15, 0.2) is 39.2 Å². The van der Waals surface area contributed by atoms with Gasteiger partial charge in [0.25, 0.3) is 0 Å². The highest BCUT2D eigenvalue weighted by molar-refractivity contribution is 8.05. The molecular weight excluding hydrogens is 1230 g/mol. The maximum atomic E-state index is 17.2. The lowest BCUT2D eigenvalue weighted by atomic mass is 9.83. The molecule has 0 bridgehead atoms. The number of benzene rings is 2. The first-order valence-corrected chi connectivity index (χ1v) is 45.9. The van der Waals surface area contributed by atoms with E-state index in [2.05, 4.69) is 102 Å². The van der Waals surface area contributed by atoms with E-state index in [1.165, 1.54) is 322 Å². The van der Waals surface area contributed by atoms with Crippen LogP contribution in [0.3, 0.4) is 0 Å². The number of ketones is 2. The van der Waals surface area contributed by atoms with Crippen LogP contribution in [0.4, 0.5) is 0 Å². The normalized spacial score (nSPS) is 12.3. The van der Waals surface area contributed by atoms with Gasteiger partial charge in [0.15, 0.2) is 11.6 Å². The predicted octanol–water partition coefficient (Wildman–Crippen LogP) is 30.1. The van der Waals surface area contributed by atoms with Crippen LogP contribution in [0.25, 0.3) is 0 Å². The van der Waals surface area contributed by atoms with E-state index in [4.69, 9.17) is 0 Å². The zero-order valence-corrected chi connectivity index (χ0v) is 65.2. The lowest BCUT2D eigenvalue weighted by molar-refractivity contribution is 0.0967. The summed E-state index contributed by atoms with van der Waals surface area (Å²) in [5, 5.41) is 0. The standard InChI is InChI=1S/C78H136O2S8/c1-9-17-25-33-41-49-57-81-71-65-66(72(82-58-50-42-34-26-18-10-2)76(86-62-54-46-38-30-22-14-6)75(71)85-61-53-45-37-29-21-13-5)70(80)68-67(69(65)79)73(83-59-51-43-35-27-19-11-3)77(87-63-55-47-39-31-23-15-7)78(88-64-56-48-40-32-24-16-8)74(68)84-60-52-44-36-28-20-12-4/h9-64H2,1-8H3. The fourth-order valence-corrected chi connectivity index (χ4v) is 22.9. The van der Waals surface area contributed by atoms with Crippen LogP contribution >= 0.6 is 94.1 Å². The lowest BCUT2D eigenvalue weighted by Crippen LogP contribution is -2.26. The summed E-state index contributed by atoms with van der Waals surface area (Å²) < 4.78 is 0. The molecule has 0 spiro atoms. The second kappa shape index (κ2) is 57.8. The van der Waals surface area contributed by atoms with Crippen LogP contribution in [-0.4, -0.2) is 57.6 Å². The lowest BCUT2D eigenvalue weighted by Gasteiger charge is -2.31. The van der Waals surface area contributed by atoms with Crippen LogP contribution in [0, 0.1) is 0 Å². The fraction of sp³-hybridized carbons (Fsp3) is 0.821. The molecule has 0 radical (unpaired) electrons. The summed E-state index contributed by atoms with van der Waals surface area (Å²) in [6, 6.07) is 0. The molecule has 0 heterocycles. The largest absolute Gasteiger partial charge is 0.288 e. The van der Waals surface area contributed by atoms with Crippen molar-refractivity contribution in [2.75, 3.05) is 46.0 Å². The van der Waals surface area contributed by atoms with Crippen molar-refractivity contribution >= 4 is 106 Å². The zero-order chi connectivity index (χ0) is 63.3. The number of rotatable bonds is 64. The molecule has 1 aliphatic carbocycles. The van der Waals surface area contributed by atoms with Crippen molar-refractivity contribution in [1.82, 2.24) is 0 Å². The summed E-state index contributed by atoms with van der Waals surface area (Å²) >= 11 is 16.2. The minimum atomic E-state index is 0.186. The molecule has 0 saturated carbocycles. The SMILES string of the molecule is CCCCCCCCSc1c(SCCCCCCCC)c(SCCCCCCCC)c2c(c1SCCCCCCCC)C(=O)c1c(SCCCCCCCC)c(SCCCCCCCC)c(SCCCCCCCC)c(SCCCCCCCC)c1C2=O. The first kappa shape index (κ1) is 82.8. The average molecular weight is 1360 g/mol. The van der Waals surface area contributed by atoms with Crippen molar-refractivity contribution in [2.45, 2.75) is 403 Å². The average Bonchev–Trinajstić information content (AvgIpc) is 0.777. The molecule has 0 fully saturated rings. The van der Waals surface area contributed by atoms with Gasteiger partial charge in [-0.25, -0.2) is 0 Å². The number of hydrogen-bond acceptors (Lipinski definition) is 10. The summed E-state index contributed by atoms with van der Waals surface area (Å²) in [7, 11) is 0. The second-order valence-corrected chi connectivity index (χ2v) is 34.6. The van der Waals surface area contributed by atoms with Crippen molar-refractivity contribution in [3.63, 3.8) is 0 Å². The molecule has 0 amide bonds. The first-order chi connectivity index (χ1) is 43.4. The Morgan fingerprint density at radius 1 is 0.159 bits per heavy atom. The number of fused-ring (bicyclic) bond motifs is 2. The predicted molar refractivity (Wildman–Crippen MR) is 413 cm³/mol. The van der Waals surface area contributed by atoms with Gasteiger partial charge in [-0.05, 0) is 97.4 Å². The van der Waals surface area contributed by atoms with E-state index in [1.807, 2.05) is 47.0 Å². The quantitative estimate of drug-likeness (QED) is 0.0403. The molecule has 0 unspecified atom stereocenters. The number of unbranched alkanes of at least 4 members (excludes halogenated alkanes) is 40. The molecule has 10 heteroatoms. The molecule has 0 saturated heterocycles. The first-order valence-electron chi connectivity index (χ1n) is 38.0. The summed E-state index contributed by atoms with van der Waals surface area (Å²) in [5.74, 6) is 8.62. The van der Waals surface area contributed by atoms with E-state index in [-0.39, 0.29) is 11.6 Å². The van der Waals surface area contributed by atoms with Crippen LogP contribution in [0.2, 0.25) is 0 Å². The highest BCUT2D eigenvalue weighted by Crippen LogP contribution is 2.56. The van der Waals surface area contributed by atoms with E-state index >= 15 is 9.59 Å². The van der Waals surface area contributed by atoms with E-state index < -0.39 is 0 Å². The highest BCUT2D eigenvalue weighted by Gasteiger charge is 2.43. The van der Waals surface area contributed by atoms with Gasteiger partial charge >= 0.3 is 0 Å². The van der Waals surface area contributed by atoms with Crippen LogP contribution in [-0.2, 0) is 0 Å². The Morgan fingerprint density at radius 3 is 0.409 bits per heavy atom. The molecule has 88 heavy (non-hydrogen) atoms. The van der Waals surface area contributed by atoms with E-state index in [9.17, 15) is 0 Å². The van der Waals surface area contributed by atoms with Gasteiger partial charge in [-0.15, -0.1) is 94.1 Å². The highest BCUT2D eigenvalue weighted by atomic mass is 32.2. The molecule has 0 atom stereocenters. The van der Waals surface area contributed by atoms with Crippen molar-refractivity contribution in [3.8, 4) is 0 Å². The maximum Gasteiger partial charge on any atom is 0.196 e. The summed E-state index contributed by atoms with van der Waals surface area (Å²) in [6.45, 7) is 18.6. The zero-order valence-electron chi connectivity index (χ0n) is 58.7. The van der Waals surface area contributed by atoms with Crippen molar-refractivity contribution < 1.29 is 9.59 Å². The molecule has 0 aromatic heterocycles. The Kier molecular flexibility index (Phi) is 54.4. The van der Waals surface area contributed by atoms with Crippen LogP contribution in [0.1, 0.15) is 395 Å². The van der Waals surface area contributed by atoms with Gasteiger partial charge in [0, 0.05) is 61.4 Å². The van der Waals surface area contributed by atoms with Gasteiger partial charge in [0.2, 0.25) is 0 Å². The smallest absolute Gasteiger partial charge is 0.196 e. The van der Waals surface area contributed by atoms with Gasteiger partial charge in [-0.3, -0.25) is 9.59 Å². The van der Waals surface area contributed by atoms with Crippen molar-refractivity contribution in [3.05, 3.63) is 22.3 Å². The number of carbonyl (C=O) groups excluding carboxylic acids is 2. The van der Waals surface area contributed by atoms with Crippen molar-refractivity contribution in [2.24, 2.45) is 0 Å². The fourth-order valence-electron chi connectivity index (χ4n) is 12.0. The maximum absolute atomic E-state index is 17.2. The molecule has 2 nitrogen and oxygen atoms in total. The molecule has 2 aromatic rings. The van der Waals surface area contributed by atoms with E-state index in [0.717, 1.165) is 94.0 Å². The van der Waals surface area contributed by atoms with Crippen LogP contribution in [0.5, 0.6) is 0 Å². The number of thioether (sulfide) groups is 8. The number of carbonyl (C=O) groups is 2. The Hall–Kier alpha value is 0.580. The summed E-state index contributed by atoms with van der Waals surface area (Å²) in [4.78, 5) is 44.5. The Morgan fingerprint density at radius 2 is 0.273 bits per heavy atom. The molecule has 508 valence electrons. The summed E-state index contributed by atoms with van der Waals surface area (Å²) in [6.07, 6.45) is 60.9. The molecule has 1 aliphatic rings. The van der Waals surface area contributed by atoms with Gasteiger partial charge in [0.05, 0.1) is 0 Å². The van der Waals surface area contributed by atoms with Gasteiger partial charge in [-0.1, -0.05) is 312 Å². The molecular formula is C78H136O2S8. The molecule has 3 rings (SSSR count). The Bertz CT molecular complexity index is 1770. The number of hydrogen-bond donors (Lipinski definition) is 0. The third-order valence-corrected chi connectivity index (χ3v) is 27.8. The second-order valence-electron chi connectivity index (χ2n) is 25.7. The van der Waals surface area contributed by atoms with Gasteiger partial charge in [0.1, 0.15) is 0 Å². The minimum Gasteiger partial charge on any atom is -0.288 e. The third kappa shape index (κ3) is 34.0. The Labute approximate surface area is 581 Å². The Balaban J connectivity index is 2.55. The molecule has 0 aliphatic heterocycles. The minimum absolute atomic E-state index is 0.186. The summed E-state index contributed by atoms with van der Waals surface area (Å²) in [5.41, 5.74) is 3.23. The molecule has 2 aromatic carbocycles. The van der Waals surface area contributed by atoms with E-state index in [0.29, 0.717) is 0 Å². The molecule has 0 N–H and O–H groups in total. The van der Waals surface area contributed by atoms with Crippen molar-refractivity contribution in [1.29, 1.82) is 0 Å². The topological polar surface area (TPSA) is 34.1 Å². The van der Waals surface area contributed by atoms with E-state index in [1.54, 1.807) is 0 Å². The third-order valence-electron chi connectivity index (χ3n) is 17.5. The monoisotopic (exact) mass is 1360 g/mol. The van der Waals surface area contributed by atoms with Gasteiger partial charge in [-0.2, -0.15) is 0 Å². The van der Waals surface area contributed by atoms with Gasteiger partial charge < -0.3 is 0 Å². The van der Waals surface area contributed by atoms with Crippen LogP contribution < -0.4 is 0 Å².